The van der Waals surface area contributed by atoms with Gasteiger partial charge in [0.15, 0.2) is 0 Å². The van der Waals surface area contributed by atoms with Gasteiger partial charge in [-0.05, 0) is 33.0 Å². The summed E-state index contributed by atoms with van der Waals surface area (Å²) < 4.78 is 5.43. The number of amides is 2. The molecule has 1 aromatic carbocycles. The third-order valence-electron chi connectivity index (χ3n) is 3.96. The van der Waals surface area contributed by atoms with E-state index in [0.29, 0.717) is 6.54 Å². The molecule has 1 atom stereocenters. The summed E-state index contributed by atoms with van der Waals surface area (Å²) in [6.07, 6.45) is 2.22. The molecular weight excluding hydrogens is 266 g/mol. The maximum absolute atomic E-state index is 12.1. The largest absolute Gasteiger partial charge is 0.496 e. The molecule has 0 aliphatic carbocycles. The number of benzene rings is 1. The van der Waals surface area contributed by atoms with E-state index in [4.69, 9.17) is 4.74 Å². The van der Waals surface area contributed by atoms with Gasteiger partial charge in [-0.2, -0.15) is 0 Å². The lowest BCUT2D eigenvalue weighted by molar-refractivity contribution is 0.202. The van der Waals surface area contributed by atoms with E-state index in [0.717, 1.165) is 37.2 Å². The number of carbonyl (C=O) groups is 1. The van der Waals surface area contributed by atoms with Crippen LogP contribution in [0.5, 0.6) is 5.75 Å². The average Bonchev–Trinajstić information content (AvgIpc) is 3.01. The molecule has 1 N–H and O–H groups in total. The standard InChI is InChI=1S/C16H25N3O2/c1-18(2)14(13-8-4-5-9-15(13)21-3)12-17-16(20)19-10-6-7-11-19/h4-5,8-9,14H,6-7,10-12H2,1-3H3,(H,17,20). The van der Waals surface area contributed by atoms with Crippen LogP contribution in [0.15, 0.2) is 24.3 Å². The summed E-state index contributed by atoms with van der Waals surface area (Å²) in [5.41, 5.74) is 1.09. The van der Waals surface area contributed by atoms with Crippen LogP contribution in [0.3, 0.4) is 0 Å². The van der Waals surface area contributed by atoms with Crippen molar-refractivity contribution in [2.45, 2.75) is 18.9 Å². The first kappa shape index (κ1) is 15.6. The molecule has 1 fully saturated rings. The van der Waals surface area contributed by atoms with E-state index in [-0.39, 0.29) is 12.1 Å². The molecular formula is C16H25N3O2. The van der Waals surface area contributed by atoms with Crippen molar-refractivity contribution in [2.75, 3.05) is 40.8 Å². The predicted molar refractivity (Wildman–Crippen MR) is 83.6 cm³/mol. The molecule has 116 valence electrons. The Kier molecular flexibility index (Phi) is 5.44. The number of nitrogens with one attached hydrogen (secondary N) is 1. The van der Waals surface area contributed by atoms with Crippen molar-refractivity contribution in [3.63, 3.8) is 0 Å². The minimum atomic E-state index is 0.0363. The molecule has 0 spiro atoms. The summed E-state index contributed by atoms with van der Waals surface area (Å²) in [4.78, 5) is 16.1. The van der Waals surface area contributed by atoms with Crippen LogP contribution in [0.2, 0.25) is 0 Å². The van der Waals surface area contributed by atoms with Crippen molar-refractivity contribution < 1.29 is 9.53 Å². The number of likely N-dealkylation sites (tertiary alicyclic amines) is 1. The number of hydrogen-bond donors (Lipinski definition) is 1. The van der Waals surface area contributed by atoms with Crippen LogP contribution in [0, 0.1) is 0 Å². The van der Waals surface area contributed by atoms with E-state index in [1.807, 2.05) is 43.3 Å². The molecule has 0 bridgehead atoms. The molecule has 1 aromatic rings. The monoisotopic (exact) mass is 291 g/mol. The number of likely N-dealkylation sites (N-methyl/N-ethyl adjacent to an activating group) is 1. The number of carbonyl (C=O) groups excluding carboxylic acids is 1. The van der Waals surface area contributed by atoms with Crippen LogP contribution in [0.4, 0.5) is 4.79 Å². The van der Waals surface area contributed by atoms with Crippen molar-refractivity contribution in [3.8, 4) is 5.75 Å². The van der Waals surface area contributed by atoms with E-state index >= 15 is 0 Å². The van der Waals surface area contributed by atoms with Gasteiger partial charge < -0.3 is 19.9 Å². The Labute approximate surface area is 126 Å². The average molecular weight is 291 g/mol. The third kappa shape index (κ3) is 3.88. The maximum Gasteiger partial charge on any atom is 0.317 e. The Balaban J connectivity index is 2.03. The molecule has 0 saturated carbocycles. The van der Waals surface area contributed by atoms with E-state index < -0.39 is 0 Å². The van der Waals surface area contributed by atoms with Gasteiger partial charge in [0.25, 0.3) is 0 Å². The van der Waals surface area contributed by atoms with Crippen molar-refractivity contribution in [2.24, 2.45) is 0 Å². The minimum Gasteiger partial charge on any atom is -0.496 e. The van der Waals surface area contributed by atoms with Gasteiger partial charge in [-0.3, -0.25) is 0 Å². The Morgan fingerprint density at radius 3 is 2.62 bits per heavy atom. The highest BCUT2D eigenvalue weighted by Crippen LogP contribution is 2.27. The molecule has 1 saturated heterocycles. The molecule has 1 aliphatic heterocycles. The van der Waals surface area contributed by atoms with Gasteiger partial charge >= 0.3 is 6.03 Å². The van der Waals surface area contributed by atoms with Gasteiger partial charge in [0.05, 0.1) is 13.2 Å². The quantitative estimate of drug-likeness (QED) is 0.903. The first-order valence-corrected chi connectivity index (χ1v) is 7.45. The summed E-state index contributed by atoms with van der Waals surface area (Å²) in [5.74, 6) is 0.853. The zero-order chi connectivity index (χ0) is 15.2. The molecule has 21 heavy (non-hydrogen) atoms. The molecule has 5 nitrogen and oxygen atoms in total. The molecule has 1 aliphatic rings. The van der Waals surface area contributed by atoms with Gasteiger partial charge in [-0.25, -0.2) is 4.79 Å². The molecule has 2 rings (SSSR count). The summed E-state index contributed by atoms with van der Waals surface area (Å²) >= 11 is 0. The Bertz CT molecular complexity index is 470. The lowest BCUT2D eigenvalue weighted by atomic mass is 10.0. The van der Waals surface area contributed by atoms with Gasteiger partial charge in [-0.1, -0.05) is 18.2 Å². The smallest absolute Gasteiger partial charge is 0.317 e. The van der Waals surface area contributed by atoms with E-state index in [1.165, 1.54) is 0 Å². The number of rotatable bonds is 5. The van der Waals surface area contributed by atoms with Gasteiger partial charge in [0.1, 0.15) is 5.75 Å². The second-order valence-corrected chi connectivity index (χ2v) is 5.60. The van der Waals surface area contributed by atoms with Crippen LogP contribution in [-0.4, -0.2) is 56.7 Å². The number of urea groups is 1. The fourth-order valence-electron chi connectivity index (χ4n) is 2.73. The highest BCUT2D eigenvalue weighted by atomic mass is 16.5. The molecule has 2 amide bonds. The maximum atomic E-state index is 12.1. The highest BCUT2D eigenvalue weighted by molar-refractivity contribution is 5.74. The summed E-state index contributed by atoms with van der Waals surface area (Å²) in [6, 6.07) is 8.08. The normalized spacial score (nSPS) is 16.1. The zero-order valence-electron chi connectivity index (χ0n) is 13.1. The van der Waals surface area contributed by atoms with Crippen molar-refractivity contribution in [1.29, 1.82) is 0 Å². The number of hydrogen-bond acceptors (Lipinski definition) is 3. The van der Waals surface area contributed by atoms with Crippen molar-refractivity contribution in [3.05, 3.63) is 29.8 Å². The fourth-order valence-corrected chi connectivity index (χ4v) is 2.73. The highest BCUT2D eigenvalue weighted by Gasteiger charge is 2.22. The van der Waals surface area contributed by atoms with E-state index in [1.54, 1.807) is 7.11 Å². The van der Waals surface area contributed by atoms with E-state index in [9.17, 15) is 4.79 Å². The lowest BCUT2D eigenvalue weighted by Crippen LogP contribution is -2.42. The molecule has 0 radical (unpaired) electrons. The molecule has 1 unspecified atom stereocenters. The van der Waals surface area contributed by atoms with Crippen LogP contribution in [-0.2, 0) is 0 Å². The Morgan fingerprint density at radius 1 is 1.33 bits per heavy atom. The van der Waals surface area contributed by atoms with Crippen LogP contribution < -0.4 is 10.1 Å². The van der Waals surface area contributed by atoms with Crippen LogP contribution in [0.1, 0.15) is 24.4 Å². The third-order valence-corrected chi connectivity index (χ3v) is 3.96. The van der Waals surface area contributed by atoms with E-state index in [2.05, 4.69) is 10.2 Å². The second-order valence-electron chi connectivity index (χ2n) is 5.60. The number of ether oxygens (including phenoxy) is 1. The minimum absolute atomic E-state index is 0.0363. The zero-order valence-corrected chi connectivity index (χ0v) is 13.1. The SMILES string of the molecule is COc1ccccc1C(CNC(=O)N1CCCC1)N(C)C. The number of methoxy groups -OCH3 is 1. The Hall–Kier alpha value is -1.75. The second kappa shape index (κ2) is 7.31. The van der Waals surface area contributed by atoms with Gasteiger partial charge in [-0.15, -0.1) is 0 Å². The summed E-state index contributed by atoms with van der Waals surface area (Å²) in [6.45, 7) is 2.31. The Morgan fingerprint density at radius 2 is 2.00 bits per heavy atom. The summed E-state index contributed by atoms with van der Waals surface area (Å²) in [7, 11) is 5.70. The summed E-state index contributed by atoms with van der Waals surface area (Å²) in [5, 5.41) is 3.05. The van der Waals surface area contributed by atoms with Gasteiger partial charge in [0.2, 0.25) is 0 Å². The molecule has 5 heteroatoms. The molecule has 0 aromatic heterocycles. The van der Waals surface area contributed by atoms with Crippen molar-refractivity contribution >= 4 is 6.03 Å². The van der Waals surface area contributed by atoms with Crippen LogP contribution >= 0.6 is 0 Å². The lowest BCUT2D eigenvalue weighted by Gasteiger charge is -2.27. The van der Waals surface area contributed by atoms with Gasteiger partial charge in [0, 0.05) is 25.2 Å². The van der Waals surface area contributed by atoms with Crippen LogP contribution in [0.25, 0.3) is 0 Å². The first-order valence-electron chi connectivity index (χ1n) is 7.45. The fraction of sp³-hybridized carbons (Fsp3) is 0.562. The number of nitrogens with zero attached hydrogens (tertiary/aromatic N) is 2. The number of para-hydroxylation sites is 1. The predicted octanol–water partition coefficient (Wildman–Crippen LogP) is 2.10. The molecule has 1 heterocycles. The first-order chi connectivity index (χ1) is 10.1. The topological polar surface area (TPSA) is 44.8 Å². The van der Waals surface area contributed by atoms with Crippen molar-refractivity contribution in [1.82, 2.24) is 15.1 Å².